The minimum atomic E-state index is -0.293. The largest absolute Gasteiger partial charge is 0.272 e. The van der Waals surface area contributed by atoms with Gasteiger partial charge in [-0.05, 0) is 19.9 Å². The van der Waals surface area contributed by atoms with Crippen LogP contribution in [0.4, 0.5) is 0 Å². The molecule has 1 amide bonds. The van der Waals surface area contributed by atoms with Crippen LogP contribution in [0.1, 0.15) is 34.6 Å². The van der Waals surface area contributed by atoms with Crippen molar-refractivity contribution in [2.24, 2.45) is 10.5 Å². The lowest BCUT2D eigenvalue weighted by atomic mass is 9.91. The Morgan fingerprint density at radius 1 is 1.37 bits per heavy atom. The van der Waals surface area contributed by atoms with Crippen LogP contribution in [-0.4, -0.2) is 26.8 Å². The lowest BCUT2D eigenvalue weighted by molar-refractivity contribution is -0.120. The Kier molecular flexibility index (Phi) is 5.47. The Hall–Kier alpha value is -1.43. The van der Waals surface area contributed by atoms with Gasteiger partial charge in [0.05, 0.1) is 5.25 Å². The zero-order valence-corrected chi connectivity index (χ0v) is 12.8. The summed E-state index contributed by atoms with van der Waals surface area (Å²) < 4.78 is 0. The fourth-order valence-corrected chi connectivity index (χ4v) is 1.67. The van der Waals surface area contributed by atoms with Gasteiger partial charge in [0.15, 0.2) is 5.16 Å². The first-order valence-corrected chi connectivity index (χ1v) is 6.97. The molecule has 1 atom stereocenters. The van der Waals surface area contributed by atoms with Gasteiger partial charge in [-0.1, -0.05) is 32.5 Å². The Morgan fingerprint density at radius 2 is 1.95 bits per heavy atom. The van der Waals surface area contributed by atoms with Crippen molar-refractivity contribution in [3.63, 3.8) is 0 Å². The van der Waals surface area contributed by atoms with Crippen molar-refractivity contribution in [2.45, 2.75) is 45.0 Å². The topological polar surface area (TPSA) is 67.2 Å². The molecular weight excluding hydrogens is 260 g/mol. The summed E-state index contributed by atoms with van der Waals surface area (Å²) >= 11 is 1.31. The van der Waals surface area contributed by atoms with E-state index >= 15 is 0 Å². The maximum Gasteiger partial charge on any atom is 0.253 e. The quantitative estimate of drug-likeness (QED) is 0.398. The van der Waals surface area contributed by atoms with Gasteiger partial charge in [-0.3, -0.25) is 4.79 Å². The van der Waals surface area contributed by atoms with Crippen molar-refractivity contribution in [3.8, 4) is 0 Å². The number of carbonyl (C=O) groups is 1. The first-order chi connectivity index (χ1) is 8.80. The third-order valence-corrected chi connectivity index (χ3v) is 3.60. The van der Waals surface area contributed by atoms with E-state index in [0.717, 1.165) is 5.71 Å². The van der Waals surface area contributed by atoms with Crippen molar-refractivity contribution >= 4 is 23.4 Å². The summed E-state index contributed by atoms with van der Waals surface area (Å²) in [5.41, 5.74) is 3.42. The summed E-state index contributed by atoms with van der Waals surface area (Å²) in [6.07, 6.45) is 3.31. The lowest BCUT2D eigenvalue weighted by Gasteiger charge is -2.18. The molecule has 0 unspecified atom stereocenters. The monoisotopic (exact) mass is 280 g/mol. The van der Waals surface area contributed by atoms with Gasteiger partial charge in [-0.15, -0.1) is 0 Å². The molecule has 0 aromatic carbocycles. The molecule has 1 heterocycles. The van der Waals surface area contributed by atoms with Crippen LogP contribution in [0.3, 0.4) is 0 Å². The summed E-state index contributed by atoms with van der Waals surface area (Å²) in [7, 11) is 0. The minimum Gasteiger partial charge on any atom is -0.272 e. The van der Waals surface area contributed by atoms with Gasteiger partial charge < -0.3 is 0 Å². The van der Waals surface area contributed by atoms with Crippen molar-refractivity contribution in [3.05, 3.63) is 18.5 Å². The first kappa shape index (κ1) is 15.6. The molecule has 1 N–H and O–H groups in total. The van der Waals surface area contributed by atoms with Crippen molar-refractivity contribution in [1.82, 2.24) is 15.4 Å². The fourth-order valence-electron chi connectivity index (χ4n) is 0.955. The lowest BCUT2D eigenvalue weighted by Crippen LogP contribution is -2.30. The number of nitrogens with one attached hydrogen (secondary N) is 1. The summed E-state index contributed by atoms with van der Waals surface area (Å²) in [6.45, 7) is 9.85. The minimum absolute atomic E-state index is 0.0494. The highest BCUT2D eigenvalue weighted by atomic mass is 32.2. The van der Waals surface area contributed by atoms with E-state index in [4.69, 9.17) is 0 Å². The SMILES string of the molecule is C/C(=N\NC(=O)[C@H](C)Sc1ncccn1)C(C)(C)C. The van der Waals surface area contributed by atoms with E-state index in [2.05, 4.69) is 20.5 Å². The predicted molar refractivity (Wildman–Crippen MR) is 78.1 cm³/mol. The molecule has 0 saturated carbocycles. The molecule has 0 bridgehead atoms. The molecule has 0 aliphatic heterocycles. The Bertz CT molecular complexity index is 453. The summed E-state index contributed by atoms with van der Waals surface area (Å²) in [5.74, 6) is -0.152. The number of rotatable bonds is 4. The number of hydrogen-bond donors (Lipinski definition) is 1. The average Bonchev–Trinajstić information content (AvgIpc) is 2.35. The van der Waals surface area contributed by atoms with E-state index in [9.17, 15) is 4.79 Å². The van der Waals surface area contributed by atoms with Crippen molar-refractivity contribution < 1.29 is 4.79 Å². The van der Waals surface area contributed by atoms with Crippen LogP contribution < -0.4 is 5.43 Å². The third-order valence-electron chi connectivity index (χ3n) is 2.61. The maximum atomic E-state index is 11.9. The van der Waals surface area contributed by atoms with Crippen LogP contribution in [0.2, 0.25) is 0 Å². The third kappa shape index (κ3) is 5.38. The molecule has 0 aliphatic rings. The molecule has 1 aromatic heterocycles. The number of nitrogens with zero attached hydrogens (tertiary/aromatic N) is 3. The zero-order chi connectivity index (χ0) is 14.5. The number of hydrogen-bond acceptors (Lipinski definition) is 5. The predicted octanol–water partition coefficient (Wildman–Crippen LogP) is 2.50. The molecule has 5 nitrogen and oxygen atoms in total. The van der Waals surface area contributed by atoms with Gasteiger partial charge in [-0.2, -0.15) is 5.10 Å². The number of hydrazone groups is 1. The van der Waals surface area contributed by atoms with Crippen LogP contribution in [0.25, 0.3) is 0 Å². The molecule has 0 fully saturated rings. The molecule has 19 heavy (non-hydrogen) atoms. The zero-order valence-electron chi connectivity index (χ0n) is 12.0. The van der Waals surface area contributed by atoms with Gasteiger partial charge in [0.25, 0.3) is 5.91 Å². The van der Waals surface area contributed by atoms with E-state index in [1.54, 1.807) is 25.4 Å². The highest BCUT2D eigenvalue weighted by molar-refractivity contribution is 8.00. The second-order valence-corrected chi connectivity index (χ2v) is 6.52. The van der Waals surface area contributed by atoms with E-state index in [0.29, 0.717) is 5.16 Å². The molecule has 6 heteroatoms. The summed E-state index contributed by atoms with van der Waals surface area (Å²) in [4.78, 5) is 20.0. The van der Waals surface area contributed by atoms with Crippen molar-refractivity contribution in [1.29, 1.82) is 0 Å². The highest BCUT2D eigenvalue weighted by Gasteiger charge is 2.17. The van der Waals surface area contributed by atoms with Crippen LogP contribution in [0.15, 0.2) is 28.7 Å². The summed E-state index contributed by atoms with van der Waals surface area (Å²) in [6, 6.07) is 1.74. The van der Waals surface area contributed by atoms with Gasteiger partial charge in [0.2, 0.25) is 0 Å². The average molecular weight is 280 g/mol. The molecular formula is C13H20N4OS. The number of thioether (sulfide) groups is 1. The molecule has 0 aliphatic carbocycles. The Labute approximate surface area is 118 Å². The van der Waals surface area contributed by atoms with E-state index in [-0.39, 0.29) is 16.6 Å². The number of carbonyl (C=O) groups excluding carboxylic acids is 1. The summed E-state index contributed by atoms with van der Waals surface area (Å²) in [5, 5.41) is 4.41. The fraction of sp³-hybridized carbons (Fsp3) is 0.538. The molecule has 1 rings (SSSR count). The molecule has 104 valence electrons. The van der Waals surface area contributed by atoms with Crippen LogP contribution >= 0.6 is 11.8 Å². The number of aromatic nitrogens is 2. The molecule has 0 spiro atoms. The normalized spacial score (nSPS) is 14.1. The smallest absolute Gasteiger partial charge is 0.253 e. The van der Waals surface area contributed by atoms with Crippen LogP contribution in [-0.2, 0) is 4.79 Å². The second-order valence-electron chi connectivity index (χ2n) is 5.21. The van der Waals surface area contributed by atoms with E-state index in [1.807, 2.05) is 27.7 Å². The maximum absolute atomic E-state index is 11.9. The Balaban J connectivity index is 2.55. The Morgan fingerprint density at radius 3 is 2.47 bits per heavy atom. The van der Waals surface area contributed by atoms with Crippen LogP contribution in [0, 0.1) is 5.41 Å². The standard InChI is InChI=1S/C13H20N4OS/c1-9(19-12-14-7-6-8-15-12)11(18)17-16-10(2)13(3,4)5/h6-9H,1-5H3,(H,17,18)/b16-10+/t9-/m0/s1. The van der Waals surface area contributed by atoms with Gasteiger partial charge in [0.1, 0.15) is 0 Å². The van der Waals surface area contributed by atoms with E-state index < -0.39 is 0 Å². The molecule has 1 aromatic rings. The second kappa shape index (κ2) is 6.65. The number of amides is 1. The first-order valence-electron chi connectivity index (χ1n) is 6.09. The van der Waals surface area contributed by atoms with Gasteiger partial charge >= 0.3 is 0 Å². The van der Waals surface area contributed by atoms with E-state index in [1.165, 1.54) is 11.8 Å². The van der Waals surface area contributed by atoms with Crippen molar-refractivity contribution in [2.75, 3.05) is 0 Å². The van der Waals surface area contributed by atoms with Gasteiger partial charge in [0, 0.05) is 23.5 Å². The van der Waals surface area contributed by atoms with Gasteiger partial charge in [-0.25, -0.2) is 15.4 Å². The van der Waals surface area contributed by atoms with Crippen LogP contribution in [0.5, 0.6) is 0 Å². The molecule has 0 radical (unpaired) electrons. The molecule has 0 saturated heterocycles. The highest BCUT2D eigenvalue weighted by Crippen LogP contribution is 2.18.